The predicted octanol–water partition coefficient (Wildman–Crippen LogP) is 3.44. The summed E-state index contributed by atoms with van der Waals surface area (Å²) in [7, 11) is 0. The molecular weight excluding hydrogens is 304 g/mol. The monoisotopic (exact) mass is 314 g/mol. The number of nitriles is 1. The van der Waals surface area contributed by atoms with Crippen LogP contribution in [0.5, 0.6) is 0 Å². The number of carbonyl (C=O) groups excluding carboxylic acids is 1. The van der Waals surface area contributed by atoms with Crippen molar-refractivity contribution in [1.82, 2.24) is 5.32 Å². The van der Waals surface area contributed by atoms with Gasteiger partial charge < -0.3 is 5.32 Å². The van der Waals surface area contributed by atoms with E-state index in [1.165, 1.54) is 0 Å². The molecule has 2 aromatic carbocycles. The van der Waals surface area contributed by atoms with Crippen molar-refractivity contribution in [2.75, 3.05) is 0 Å². The maximum atomic E-state index is 12.1. The third-order valence-electron chi connectivity index (χ3n) is 2.66. The Morgan fingerprint density at radius 1 is 1.11 bits per heavy atom. The zero-order valence-corrected chi connectivity index (χ0v) is 11.6. The van der Waals surface area contributed by atoms with Gasteiger partial charge in [-0.1, -0.05) is 42.5 Å². The van der Waals surface area contributed by atoms with Crippen LogP contribution in [0.3, 0.4) is 0 Å². The lowest BCUT2D eigenvalue weighted by Crippen LogP contribution is -2.27. The number of nitrogens with one attached hydrogen (secondary N) is 1. The second-order valence-corrected chi connectivity index (χ2v) is 4.78. The van der Waals surface area contributed by atoms with Crippen LogP contribution in [0, 0.1) is 11.3 Å². The highest BCUT2D eigenvalue weighted by Crippen LogP contribution is 2.18. The van der Waals surface area contributed by atoms with E-state index in [-0.39, 0.29) is 5.91 Å². The van der Waals surface area contributed by atoms with E-state index in [9.17, 15) is 4.79 Å². The molecule has 94 valence electrons. The second kappa shape index (κ2) is 6.17. The first-order chi connectivity index (χ1) is 9.22. The summed E-state index contributed by atoms with van der Waals surface area (Å²) in [6, 6.07) is 17.7. The van der Waals surface area contributed by atoms with Crippen molar-refractivity contribution in [2.24, 2.45) is 0 Å². The van der Waals surface area contributed by atoms with Crippen molar-refractivity contribution < 1.29 is 4.79 Å². The molecule has 0 saturated heterocycles. The minimum atomic E-state index is -0.652. The zero-order chi connectivity index (χ0) is 13.7. The van der Waals surface area contributed by atoms with E-state index in [0.29, 0.717) is 10.0 Å². The number of halogens is 1. The Balaban J connectivity index is 2.19. The van der Waals surface area contributed by atoms with E-state index in [1.807, 2.05) is 36.4 Å². The first-order valence-corrected chi connectivity index (χ1v) is 6.51. The highest BCUT2D eigenvalue weighted by Gasteiger charge is 2.16. The molecule has 0 spiro atoms. The van der Waals surface area contributed by atoms with Crippen molar-refractivity contribution in [3.8, 4) is 6.07 Å². The Hall–Kier alpha value is -2.12. The van der Waals surface area contributed by atoms with Crippen LogP contribution < -0.4 is 5.32 Å². The summed E-state index contributed by atoms with van der Waals surface area (Å²) in [6.07, 6.45) is 0. The highest BCUT2D eigenvalue weighted by atomic mass is 79.9. The molecule has 0 heterocycles. The number of carbonyl (C=O) groups is 1. The van der Waals surface area contributed by atoms with Gasteiger partial charge in [-0.05, 0) is 33.6 Å². The minimum Gasteiger partial charge on any atom is -0.332 e. The third-order valence-corrected chi connectivity index (χ3v) is 3.35. The lowest BCUT2D eigenvalue weighted by atomic mass is 10.1. The topological polar surface area (TPSA) is 52.9 Å². The minimum absolute atomic E-state index is 0.275. The summed E-state index contributed by atoms with van der Waals surface area (Å²) in [5.74, 6) is -0.275. The van der Waals surface area contributed by atoms with Crippen LogP contribution in [-0.4, -0.2) is 5.91 Å². The molecule has 19 heavy (non-hydrogen) atoms. The largest absolute Gasteiger partial charge is 0.332 e. The molecule has 0 aliphatic rings. The molecule has 0 aliphatic heterocycles. The molecule has 0 fully saturated rings. The summed E-state index contributed by atoms with van der Waals surface area (Å²) in [4.78, 5) is 12.1. The summed E-state index contributed by atoms with van der Waals surface area (Å²) < 4.78 is 0.706. The fraction of sp³-hybridized carbons (Fsp3) is 0.0667. The number of amides is 1. The highest BCUT2D eigenvalue weighted by molar-refractivity contribution is 9.10. The summed E-state index contributed by atoms with van der Waals surface area (Å²) in [5, 5.41) is 11.9. The van der Waals surface area contributed by atoms with Crippen molar-refractivity contribution >= 4 is 21.8 Å². The lowest BCUT2D eigenvalue weighted by molar-refractivity contribution is 0.0944. The third kappa shape index (κ3) is 3.21. The molecule has 0 bridgehead atoms. The Bertz CT molecular complexity index is 620. The molecule has 0 saturated carbocycles. The first kappa shape index (κ1) is 13.3. The van der Waals surface area contributed by atoms with Crippen LogP contribution in [0.25, 0.3) is 0 Å². The molecule has 0 radical (unpaired) electrons. The van der Waals surface area contributed by atoms with Gasteiger partial charge in [0.25, 0.3) is 5.91 Å². The van der Waals surface area contributed by atoms with Gasteiger partial charge in [-0.2, -0.15) is 5.26 Å². The number of hydrogen-bond donors (Lipinski definition) is 1. The van der Waals surface area contributed by atoms with Gasteiger partial charge in [0.2, 0.25) is 0 Å². The molecule has 4 heteroatoms. The van der Waals surface area contributed by atoms with E-state index in [0.717, 1.165) is 5.56 Å². The zero-order valence-electron chi connectivity index (χ0n) is 10.0. The van der Waals surface area contributed by atoms with Gasteiger partial charge in [0.15, 0.2) is 0 Å². The molecule has 0 aliphatic carbocycles. The van der Waals surface area contributed by atoms with E-state index >= 15 is 0 Å². The van der Waals surface area contributed by atoms with Gasteiger partial charge in [0.1, 0.15) is 6.04 Å². The van der Waals surface area contributed by atoms with Crippen molar-refractivity contribution in [3.63, 3.8) is 0 Å². The Labute approximate surface area is 120 Å². The summed E-state index contributed by atoms with van der Waals surface area (Å²) in [5.41, 5.74) is 1.28. The molecular formula is C15H11BrN2O. The van der Waals surface area contributed by atoms with Crippen LogP contribution >= 0.6 is 15.9 Å². The maximum absolute atomic E-state index is 12.1. The molecule has 1 unspecified atom stereocenters. The van der Waals surface area contributed by atoms with Crippen molar-refractivity contribution in [3.05, 3.63) is 70.2 Å². The van der Waals surface area contributed by atoms with Crippen LogP contribution in [0.15, 0.2) is 59.1 Å². The Kier molecular flexibility index (Phi) is 4.32. The molecule has 0 aromatic heterocycles. The molecule has 1 amide bonds. The van der Waals surface area contributed by atoms with E-state index in [4.69, 9.17) is 5.26 Å². The van der Waals surface area contributed by atoms with Crippen LogP contribution in [0.1, 0.15) is 22.0 Å². The van der Waals surface area contributed by atoms with Crippen molar-refractivity contribution in [2.45, 2.75) is 6.04 Å². The van der Waals surface area contributed by atoms with Gasteiger partial charge in [0.05, 0.1) is 11.6 Å². The molecule has 2 aromatic rings. The summed E-state index contributed by atoms with van der Waals surface area (Å²) >= 11 is 3.32. The number of benzene rings is 2. The molecule has 1 N–H and O–H groups in total. The number of hydrogen-bond acceptors (Lipinski definition) is 2. The number of rotatable bonds is 3. The average Bonchev–Trinajstić information content (AvgIpc) is 2.46. The van der Waals surface area contributed by atoms with Crippen LogP contribution in [0.4, 0.5) is 0 Å². The van der Waals surface area contributed by atoms with Crippen molar-refractivity contribution in [1.29, 1.82) is 5.26 Å². The Morgan fingerprint density at radius 3 is 2.37 bits per heavy atom. The van der Waals surface area contributed by atoms with E-state index in [1.54, 1.807) is 18.2 Å². The molecule has 1 atom stereocenters. The van der Waals surface area contributed by atoms with E-state index < -0.39 is 6.04 Å². The van der Waals surface area contributed by atoms with Gasteiger partial charge >= 0.3 is 0 Å². The van der Waals surface area contributed by atoms with Gasteiger partial charge in [0, 0.05) is 4.47 Å². The van der Waals surface area contributed by atoms with Gasteiger partial charge in [-0.15, -0.1) is 0 Å². The SMILES string of the molecule is N#CC(NC(=O)c1ccccc1Br)c1ccccc1. The van der Waals surface area contributed by atoms with Gasteiger partial charge in [-0.25, -0.2) is 0 Å². The second-order valence-electron chi connectivity index (χ2n) is 3.93. The Morgan fingerprint density at radius 2 is 1.74 bits per heavy atom. The summed E-state index contributed by atoms with van der Waals surface area (Å²) in [6.45, 7) is 0. The quantitative estimate of drug-likeness (QED) is 0.943. The van der Waals surface area contributed by atoms with Crippen LogP contribution in [0.2, 0.25) is 0 Å². The number of nitrogens with zero attached hydrogens (tertiary/aromatic N) is 1. The lowest BCUT2D eigenvalue weighted by Gasteiger charge is -2.12. The smallest absolute Gasteiger partial charge is 0.253 e. The van der Waals surface area contributed by atoms with Crippen LogP contribution in [-0.2, 0) is 0 Å². The fourth-order valence-corrected chi connectivity index (χ4v) is 2.15. The van der Waals surface area contributed by atoms with Gasteiger partial charge in [-0.3, -0.25) is 4.79 Å². The predicted molar refractivity (Wildman–Crippen MR) is 76.4 cm³/mol. The maximum Gasteiger partial charge on any atom is 0.253 e. The average molecular weight is 315 g/mol. The molecule has 3 nitrogen and oxygen atoms in total. The molecule has 2 rings (SSSR count). The van der Waals surface area contributed by atoms with E-state index in [2.05, 4.69) is 27.3 Å². The normalized spacial score (nSPS) is 11.4. The fourth-order valence-electron chi connectivity index (χ4n) is 1.69. The standard InChI is InChI=1S/C15H11BrN2O/c16-13-9-5-4-8-12(13)15(19)18-14(10-17)11-6-2-1-3-7-11/h1-9,14H,(H,18,19). The first-order valence-electron chi connectivity index (χ1n) is 5.72.